The summed E-state index contributed by atoms with van der Waals surface area (Å²) in [6, 6.07) is 10.2. The molecular formula is C16H18N2O. The van der Waals surface area contributed by atoms with E-state index in [0.717, 1.165) is 30.8 Å². The Morgan fingerprint density at radius 3 is 2.89 bits per heavy atom. The van der Waals surface area contributed by atoms with Crippen LogP contribution in [0.25, 0.3) is 0 Å². The van der Waals surface area contributed by atoms with Gasteiger partial charge in [0.15, 0.2) is 0 Å². The number of nitrogens with zero attached hydrogens (tertiary/aromatic N) is 2. The van der Waals surface area contributed by atoms with Crippen molar-refractivity contribution in [3.63, 3.8) is 0 Å². The highest BCUT2D eigenvalue weighted by Gasteiger charge is 2.22. The van der Waals surface area contributed by atoms with Crippen LogP contribution in [-0.4, -0.2) is 16.6 Å². The molecular weight excluding hydrogens is 236 g/mol. The van der Waals surface area contributed by atoms with Crippen molar-refractivity contribution >= 4 is 11.5 Å². The van der Waals surface area contributed by atoms with Crippen LogP contribution in [0, 0.1) is 6.92 Å². The first kappa shape index (κ1) is 12.2. The molecule has 3 heteroatoms. The minimum Gasteiger partial charge on any atom is -0.392 e. The van der Waals surface area contributed by atoms with Crippen molar-refractivity contribution in [2.24, 2.45) is 0 Å². The number of hydrogen-bond donors (Lipinski definition) is 1. The van der Waals surface area contributed by atoms with Gasteiger partial charge in [-0.2, -0.15) is 0 Å². The number of aromatic nitrogens is 1. The Bertz CT molecular complexity index is 581. The number of rotatable bonds is 2. The van der Waals surface area contributed by atoms with Gasteiger partial charge in [-0.05, 0) is 48.6 Å². The number of aliphatic hydroxyl groups excluding tert-OH is 1. The zero-order valence-electron chi connectivity index (χ0n) is 11.1. The van der Waals surface area contributed by atoms with Crippen LogP contribution in [0.5, 0.6) is 0 Å². The summed E-state index contributed by atoms with van der Waals surface area (Å²) in [5.41, 5.74) is 4.76. The Kier molecular flexibility index (Phi) is 3.22. The van der Waals surface area contributed by atoms with Gasteiger partial charge in [-0.3, -0.25) is 0 Å². The van der Waals surface area contributed by atoms with E-state index in [4.69, 9.17) is 0 Å². The third kappa shape index (κ3) is 2.10. The number of hydrogen-bond acceptors (Lipinski definition) is 3. The molecule has 0 bridgehead atoms. The topological polar surface area (TPSA) is 36.4 Å². The molecule has 19 heavy (non-hydrogen) atoms. The smallest absolute Gasteiger partial charge is 0.132 e. The molecule has 1 aromatic heterocycles. The maximum absolute atomic E-state index is 9.44. The van der Waals surface area contributed by atoms with Gasteiger partial charge in [0.05, 0.1) is 6.61 Å². The van der Waals surface area contributed by atoms with Crippen LogP contribution in [0.4, 0.5) is 11.5 Å². The zero-order chi connectivity index (χ0) is 13.2. The lowest BCUT2D eigenvalue weighted by Crippen LogP contribution is -2.26. The second kappa shape index (κ2) is 5.02. The summed E-state index contributed by atoms with van der Waals surface area (Å²) < 4.78 is 0. The van der Waals surface area contributed by atoms with Crippen LogP contribution in [0.15, 0.2) is 36.5 Å². The van der Waals surface area contributed by atoms with Crippen LogP contribution in [0.3, 0.4) is 0 Å². The molecule has 0 fully saturated rings. The fourth-order valence-corrected chi connectivity index (χ4v) is 2.83. The Hall–Kier alpha value is -1.87. The highest BCUT2D eigenvalue weighted by atomic mass is 16.3. The number of benzene rings is 1. The van der Waals surface area contributed by atoms with E-state index in [1.165, 1.54) is 16.8 Å². The second-order valence-electron chi connectivity index (χ2n) is 4.96. The van der Waals surface area contributed by atoms with Crippen molar-refractivity contribution in [3.05, 3.63) is 53.2 Å². The van der Waals surface area contributed by atoms with Gasteiger partial charge in [0.1, 0.15) is 5.82 Å². The molecule has 98 valence electrons. The van der Waals surface area contributed by atoms with E-state index < -0.39 is 0 Å². The molecule has 2 heterocycles. The van der Waals surface area contributed by atoms with E-state index in [9.17, 15) is 5.11 Å². The molecule has 0 radical (unpaired) electrons. The highest BCUT2D eigenvalue weighted by molar-refractivity contribution is 5.70. The van der Waals surface area contributed by atoms with Crippen LogP contribution in [0.1, 0.15) is 23.1 Å². The van der Waals surface area contributed by atoms with E-state index in [1.54, 1.807) is 0 Å². The summed E-state index contributed by atoms with van der Waals surface area (Å²) in [5, 5.41) is 9.44. The van der Waals surface area contributed by atoms with Crippen molar-refractivity contribution in [3.8, 4) is 0 Å². The third-order valence-corrected chi connectivity index (χ3v) is 3.82. The SMILES string of the molecule is Cc1c(CO)ccc2c1N(c1ccccn1)CCC2. The van der Waals surface area contributed by atoms with Crippen LogP contribution in [0.2, 0.25) is 0 Å². The molecule has 0 amide bonds. The molecule has 0 unspecified atom stereocenters. The molecule has 0 spiro atoms. The molecule has 0 atom stereocenters. The molecule has 3 rings (SSSR count). The number of pyridine rings is 1. The lowest BCUT2D eigenvalue weighted by molar-refractivity contribution is 0.281. The fourth-order valence-electron chi connectivity index (χ4n) is 2.83. The zero-order valence-corrected chi connectivity index (χ0v) is 11.1. The summed E-state index contributed by atoms with van der Waals surface area (Å²) in [5.74, 6) is 0.988. The predicted molar refractivity (Wildman–Crippen MR) is 76.7 cm³/mol. The van der Waals surface area contributed by atoms with Gasteiger partial charge >= 0.3 is 0 Å². The summed E-state index contributed by atoms with van der Waals surface area (Å²) >= 11 is 0. The number of anilines is 2. The van der Waals surface area contributed by atoms with Crippen molar-refractivity contribution in [1.82, 2.24) is 4.98 Å². The summed E-state index contributed by atoms with van der Waals surface area (Å²) in [7, 11) is 0. The van der Waals surface area contributed by atoms with Crippen LogP contribution < -0.4 is 4.90 Å². The Morgan fingerprint density at radius 2 is 2.16 bits per heavy atom. The third-order valence-electron chi connectivity index (χ3n) is 3.82. The van der Waals surface area contributed by atoms with Gasteiger partial charge in [0, 0.05) is 18.4 Å². The first-order valence-corrected chi connectivity index (χ1v) is 6.72. The number of aliphatic hydroxyl groups is 1. The monoisotopic (exact) mass is 254 g/mol. The van der Waals surface area contributed by atoms with Crippen molar-refractivity contribution in [2.75, 3.05) is 11.4 Å². The van der Waals surface area contributed by atoms with Gasteiger partial charge < -0.3 is 10.0 Å². The average Bonchev–Trinajstić information content (AvgIpc) is 2.48. The van der Waals surface area contributed by atoms with Gasteiger partial charge in [-0.15, -0.1) is 0 Å². The number of fused-ring (bicyclic) bond motifs is 1. The van der Waals surface area contributed by atoms with Crippen molar-refractivity contribution in [1.29, 1.82) is 0 Å². The van der Waals surface area contributed by atoms with Crippen LogP contribution in [-0.2, 0) is 13.0 Å². The van der Waals surface area contributed by atoms with Gasteiger partial charge in [0.2, 0.25) is 0 Å². The first-order valence-electron chi connectivity index (χ1n) is 6.72. The molecule has 3 nitrogen and oxygen atoms in total. The van der Waals surface area contributed by atoms with Crippen molar-refractivity contribution < 1.29 is 5.11 Å². The van der Waals surface area contributed by atoms with Gasteiger partial charge in [0.25, 0.3) is 0 Å². The molecule has 0 aliphatic carbocycles. The fraction of sp³-hybridized carbons (Fsp3) is 0.312. The molecule has 2 aromatic rings. The van der Waals surface area contributed by atoms with E-state index in [-0.39, 0.29) is 6.61 Å². The minimum atomic E-state index is 0.0924. The predicted octanol–water partition coefficient (Wildman–Crippen LogP) is 2.97. The van der Waals surface area contributed by atoms with E-state index in [0.29, 0.717) is 0 Å². The molecule has 0 saturated heterocycles. The van der Waals surface area contributed by atoms with E-state index in [1.807, 2.05) is 30.5 Å². The van der Waals surface area contributed by atoms with E-state index in [2.05, 4.69) is 22.9 Å². The van der Waals surface area contributed by atoms with Gasteiger partial charge in [-0.1, -0.05) is 18.2 Å². The number of aryl methyl sites for hydroxylation is 1. The van der Waals surface area contributed by atoms with Gasteiger partial charge in [-0.25, -0.2) is 4.98 Å². The normalized spacial score (nSPS) is 14.3. The molecule has 1 aromatic carbocycles. The van der Waals surface area contributed by atoms with Crippen molar-refractivity contribution in [2.45, 2.75) is 26.4 Å². The molecule has 1 aliphatic rings. The lowest BCUT2D eigenvalue weighted by atomic mass is 9.95. The highest BCUT2D eigenvalue weighted by Crippen LogP contribution is 2.36. The lowest BCUT2D eigenvalue weighted by Gasteiger charge is -2.32. The van der Waals surface area contributed by atoms with Crippen LogP contribution >= 0.6 is 0 Å². The molecule has 0 saturated carbocycles. The Morgan fingerprint density at radius 1 is 1.26 bits per heavy atom. The quantitative estimate of drug-likeness (QED) is 0.895. The van der Waals surface area contributed by atoms with E-state index >= 15 is 0 Å². The Labute approximate surface area is 113 Å². The largest absolute Gasteiger partial charge is 0.392 e. The maximum Gasteiger partial charge on any atom is 0.132 e. The standard InChI is InChI=1S/C16H18N2O/c1-12-14(11-19)8-7-13-5-4-10-18(16(12)13)15-6-2-3-9-17-15/h2-3,6-9,19H,4-5,10-11H2,1H3. The average molecular weight is 254 g/mol. The molecule has 1 aliphatic heterocycles. The summed E-state index contributed by atoms with van der Waals surface area (Å²) in [6.07, 6.45) is 4.07. The first-order chi connectivity index (χ1) is 9.31. The summed E-state index contributed by atoms with van der Waals surface area (Å²) in [6.45, 7) is 3.17. The minimum absolute atomic E-state index is 0.0924. The maximum atomic E-state index is 9.44. The summed E-state index contributed by atoms with van der Waals surface area (Å²) in [4.78, 5) is 6.73. The molecule has 1 N–H and O–H groups in total. The Balaban J connectivity index is 2.13. The second-order valence-corrected chi connectivity index (χ2v) is 4.96.